The minimum atomic E-state index is -0.105. The monoisotopic (exact) mass is 305 g/mol. The maximum Gasteiger partial charge on any atom is 0.323 e. The van der Waals surface area contributed by atoms with Gasteiger partial charge in [-0.25, -0.2) is 4.79 Å². The molecule has 2 heterocycles. The van der Waals surface area contributed by atoms with Crippen LogP contribution in [0, 0.1) is 17.3 Å². The number of piperidine rings is 1. The molecule has 2 atom stereocenters. The largest absolute Gasteiger partial charge is 0.355 e. The van der Waals surface area contributed by atoms with Crippen molar-refractivity contribution in [2.45, 2.75) is 27.3 Å². The van der Waals surface area contributed by atoms with Crippen LogP contribution in [0.5, 0.6) is 0 Å². The Bertz CT molecular complexity index is 581. The zero-order chi connectivity index (χ0) is 15.9. The second-order valence-corrected chi connectivity index (χ2v) is 6.72. The number of nitrogens with one attached hydrogen (secondary N) is 2. The van der Waals surface area contributed by atoms with Crippen LogP contribution in [0.15, 0.2) is 12.3 Å². The van der Waals surface area contributed by atoms with Gasteiger partial charge in [-0.3, -0.25) is 14.8 Å². The quantitative estimate of drug-likeness (QED) is 0.875. The van der Waals surface area contributed by atoms with Crippen LogP contribution in [0.1, 0.15) is 20.8 Å². The average Bonchev–Trinajstić information content (AvgIpc) is 2.87. The molecule has 7 heteroatoms. The average molecular weight is 305 g/mol. The number of likely N-dealkylation sites (tertiary alicyclic amines) is 1. The second-order valence-electron chi connectivity index (χ2n) is 6.72. The third-order valence-electron chi connectivity index (χ3n) is 4.96. The predicted molar refractivity (Wildman–Crippen MR) is 82.3 cm³/mol. The van der Waals surface area contributed by atoms with E-state index in [2.05, 4.69) is 29.6 Å². The van der Waals surface area contributed by atoms with Gasteiger partial charge < -0.3 is 10.2 Å². The van der Waals surface area contributed by atoms with Crippen molar-refractivity contribution in [3.63, 3.8) is 0 Å². The lowest BCUT2D eigenvalue weighted by atomic mass is 10.1. The zero-order valence-electron chi connectivity index (χ0n) is 13.3. The fourth-order valence-corrected chi connectivity index (χ4v) is 3.40. The molecule has 1 aliphatic heterocycles. The van der Waals surface area contributed by atoms with Crippen molar-refractivity contribution >= 4 is 17.8 Å². The van der Waals surface area contributed by atoms with Gasteiger partial charge in [-0.05, 0) is 24.2 Å². The fraction of sp³-hybridized carbons (Fsp3) is 0.667. The Balaban J connectivity index is 1.51. The number of nitrogens with zero attached hydrogens (tertiary/aromatic N) is 3. The fourth-order valence-electron chi connectivity index (χ4n) is 3.40. The first kappa shape index (κ1) is 14.9. The number of likely N-dealkylation sites (N-methyl/N-ethyl adjacent to an activating group) is 1. The number of carbonyl (C=O) groups excluding carboxylic acids is 2. The van der Waals surface area contributed by atoms with Crippen molar-refractivity contribution in [2.24, 2.45) is 17.3 Å². The Kier molecular flexibility index (Phi) is 3.58. The number of urea groups is 1. The summed E-state index contributed by atoms with van der Waals surface area (Å²) in [6.07, 6.45) is 1.69. The van der Waals surface area contributed by atoms with Crippen molar-refractivity contribution in [1.29, 1.82) is 0 Å². The molecule has 1 saturated carbocycles. The lowest BCUT2D eigenvalue weighted by Crippen LogP contribution is -2.36. The molecule has 0 bridgehead atoms. The van der Waals surface area contributed by atoms with Gasteiger partial charge >= 0.3 is 6.03 Å². The van der Waals surface area contributed by atoms with Gasteiger partial charge in [-0.2, -0.15) is 5.10 Å². The van der Waals surface area contributed by atoms with Crippen LogP contribution < -0.4 is 10.6 Å². The molecular weight excluding hydrogens is 282 g/mol. The van der Waals surface area contributed by atoms with Gasteiger partial charge in [0.05, 0.1) is 0 Å². The number of hydrogen-bond donors (Lipinski definition) is 2. The number of fused-ring (bicyclic) bond motifs is 1. The Labute approximate surface area is 130 Å². The molecule has 1 aromatic rings. The minimum absolute atomic E-state index is 0.0923. The van der Waals surface area contributed by atoms with Gasteiger partial charge in [0.1, 0.15) is 6.54 Å². The Morgan fingerprint density at radius 3 is 2.68 bits per heavy atom. The summed E-state index contributed by atoms with van der Waals surface area (Å²) in [5.41, 5.74) is 0.394. The Morgan fingerprint density at radius 2 is 2.05 bits per heavy atom. The van der Waals surface area contributed by atoms with E-state index in [0.717, 1.165) is 13.1 Å². The van der Waals surface area contributed by atoms with Crippen molar-refractivity contribution in [2.75, 3.05) is 25.0 Å². The lowest BCUT2D eigenvalue weighted by molar-refractivity contribution is -0.121. The highest BCUT2D eigenvalue weighted by atomic mass is 16.2. The van der Waals surface area contributed by atoms with Crippen LogP contribution in [0.3, 0.4) is 0 Å². The molecule has 0 radical (unpaired) electrons. The molecule has 2 N–H and O–H groups in total. The third-order valence-corrected chi connectivity index (χ3v) is 4.96. The van der Waals surface area contributed by atoms with Crippen LogP contribution >= 0.6 is 0 Å². The van der Waals surface area contributed by atoms with Crippen LogP contribution in [0.25, 0.3) is 0 Å². The maximum absolute atomic E-state index is 12.2. The highest BCUT2D eigenvalue weighted by Gasteiger charge is 2.62. The van der Waals surface area contributed by atoms with E-state index in [-0.39, 0.29) is 18.5 Å². The minimum Gasteiger partial charge on any atom is -0.355 e. The van der Waals surface area contributed by atoms with Gasteiger partial charge in [0.2, 0.25) is 5.91 Å². The van der Waals surface area contributed by atoms with Gasteiger partial charge in [0, 0.05) is 31.9 Å². The van der Waals surface area contributed by atoms with E-state index in [9.17, 15) is 9.59 Å². The zero-order valence-corrected chi connectivity index (χ0v) is 13.3. The van der Waals surface area contributed by atoms with Gasteiger partial charge in [-0.1, -0.05) is 13.8 Å². The van der Waals surface area contributed by atoms with Crippen molar-refractivity contribution in [1.82, 2.24) is 20.0 Å². The molecule has 3 rings (SSSR count). The molecule has 120 valence electrons. The molecule has 3 amide bonds. The van der Waals surface area contributed by atoms with E-state index < -0.39 is 0 Å². The standard InChI is InChI=1S/C15H23N5O2/c1-4-16-13(21)9-20-6-5-12(18-20)17-14(22)19-7-10-11(8-19)15(10,2)3/h5-6,10-11H,4,7-9H2,1-3H3,(H,16,21)(H,17,18,22)/t10-,11+. The highest BCUT2D eigenvalue weighted by Crippen LogP contribution is 2.61. The first-order chi connectivity index (χ1) is 10.4. The molecule has 22 heavy (non-hydrogen) atoms. The number of hydrogen-bond acceptors (Lipinski definition) is 3. The van der Waals surface area contributed by atoms with E-state index in [1.807, 2.05) is 11.8 Å². The Hall–Kier alpha value is -2.05. The summed E-state index contributed by atoms with van der Waals surface area (Å²) in [5, 5.41) is 9.71. The second kappa shape index (κ2) is 5.30. The molecule has 1 saturated heterocycles. The normalized spacial score (nSPS) is 24.8. The van der Waals surface area contributed by atoms with Gasteiger partial charge in [0.25, 0.3) is 0 Å². The van der Waals surface area contributed by atoms with Crippen LogP contribution in [-0.4, -0.2) is 46.3 Å². The van der Waals surface area contributed by atoms with Crippen molar-refractivity contribution in [3.8, 4) is 0 Å². The summed E-state index contributed by atoms with van der Waals surface area (Å²) >= 11 is 0. The molecular formula is C15H23N5O2. The summed E-state index contributed by atoms with van der Waals surface area (Å²) in [6.45, 7) is 8.80. The lowest BCUT2D eigenvalue weighted by Gasteiger charge is -2.21. The first-order valence-electron chi connectivity index (χ1n) is 7.78. The van der Waals surface area contributed by atoms with Crippen LogP contribution in [-0.2, 0) is 11.3 Å². The van der Waals surface area contributed by atoms with Crippen LogP contribution in [0.2, 0.25) is 0 Å². The highest BCUT2D eigenvalue weighted by molar-refractivity contribution is 5.88. The van der Waals surface area contributed by atoms with Crippen LogP contribution in [0.4, 0.5) is 10.6 Å². The molecule has 2 fully saturated rings. The van der Waals surface area contributed by atoms with Gasteiger partial charge in [-0.15, -0.1) is 0 Å². The van der Waals surface area contributed by atoms with Crippen molar-refractivity contribution in [3.05, 3.63) is 12.3 Å². The SMILES string of the molecule is CCNC(=O)Cn1ccc(NC(=O)N2C[C@@H]3[C@H](C2)C3(C)C)n1. The molecule has 1 aromatic heterocycles. The number of aromatic nitrogens is 2. The van der Waals surface area contributed by atoms with E-state index in [1.165, 1.54) is 4.68 Å². The molecule has 0 aromatic carbocycles. The summed E-state index contributed by atoms with van der Waals surface area (Å²) in [4.78, 5) is 25.6. The van der Waals surface area contributed by atoms with Crippen molar-refractivity contribution < 1.29 is 9.59 Å². The summed E-state index contributed by atoms with van der Waals surface area (Å²) < 4.78 is 1.52. The van der Waals surface area contributed by atoms with E-state index >= 15 is 0 Å². The maximum atomic E-state index is 12.2. The number of rotatable bonds is 4. The number of carbonyl (C=O) groups is 2. The number of amides is 3. The molecule has 0 unspecified atom stereocenters. The van der Waals surface area contributed by atoms with Gasteiger partial charge in [0.15, 0.2) is 5.82 Å². The molecule has 7 nitrogen and oxygen atoms in total. The molecule has 0 spiro atoms. The molecule has 2 aliphatic rings. The first-order valence-corrected chi connectivity index (χ1v) is 7.78. The Morgan fingerprint density at radius 1 is 1.36 bits per heavy atom. The topological polar surface area (TPSA) is 79.3 Å². The molecule has 1 aliphatic carbocycles. The van der Waals surface area contributed by atoms with E-state index in [0.29, 0.717) is 29.6 Å². The smallest absolute Gasteiger partial charge is 0.323 e. The third kappa shape index (κ3) is 2.67. The predicted octanol–water partition coefficient (Wildman–Crippen LogP) is 1.14. The number of anilines is 1. The summed E-state index contributed by atoms with van der Waals surface area (Å²) in [7, 11) is 0. The summed E-state index contributed by atoms with van der Waals surface area (Å²) in [5.74, 6) is 1.65. The van der Waals surface area contributed by atoms with E-state index in [4.69, 9.17) is 0 Å². The van der Waals surface area contributed by atoms with E-state index in [1.54, 1.807) is 12.3 Å². The summed E-state index contributed by atoms with van der Waals surface area (Å²) in [6, 6.07) is 1.60.